The molecule has 0 aliphatic rings. The zero-order chi connectivity index (χ0) is 18.8. The highest BCUT2D eigenvalue weighted by molar-refractivity contribution is 6.12. The van der Waals surface area contributed by atoms with Crippen molar-refractivity contribution in [2.45, 2.75) is 12.8 Å². The second-order valence-electron chi connectivity index (χ2n) is 6.80. The molecule has 0 spiro atoms. The lowest BCUT2D eigenvalue weighted by Crippen LogP contribution is -2.00. The summed E-state index contributed by atoms with van der Waals surface area (Å²) < 4.78 is 0. The summed E-state index contributed by atoms with van der Waals surface area (Å²) in [6, 6.07) is 27.6. The van der Waals surface area contributed by atoms with Gasteiger partial charge in [-0.25, -0.2) is 4.79 Å². The minimum absolute atomic E-state index is 0.249. The Kier molecular flexibility index (Phi) is 4.47. The van der Waals surface area contributed by atoms with E-state index in [1.54, 1.807) is 0 Å². The molecule has 4 aromatic rings. The highest BCUT2D eigenvalue weighted by atomic mass is 16.4. The normalized spacial score (nSPS) is 11.0. The van der Waals surface area contributed by atoms with E-state index in [4.69, 9.17) is 5.11 Å². The quantitative estimate of drug-likeness (QED) is 0.341. The summed E-state index contributed by atoms with van der Waals surface area (Å²) in [7, 11) is 0. The molecule has 2 nitrogen and oxygen atoms in total. The van der Waals surface area contributed by atoms with E-state index in [9.17, 15) is 4.79 Å². The largest absolute Gasteiger partial charge is 0.478 e. The standard InChI is InChI=1S/C25H20O2/c1-17(25(26)27)10-11-18-12-14-19(15-13-18)24-22-8-4-2-6-20(22)16-21-7-3-5-9-23(21)24/h2-9,12-16H,1,10-11H2,(H,26,27). The molecule has 0 aromatic heterocycles. The van der Waals surface area contributed by atoms with Gasteiger partial charge in [0, 0.05) is 5.57 Å². The van der Waals surface area contributed by atoms with Gasteiger partial charge in [-0.3, -0.25) is 0 Å². The minimum Gasteiger partial charge on any atom is -0.478 e. The van der Waals surface area contributed by atoms with Crippen molar-refractivity contribution in [1.82, 2.24) is 0 Å². The molecular weight excluding hydrogens is 332 g/mol. The Labute approximate surface area is 158 Å². The van der Waals surface area contributed by atoms with Gasteiger partial charge in [0.2, 0.25) is 0 Å². The highest BCUT2D eigenvalue weighted by Crippen LogP contribution is 2.36. The van der Waals surface area contributed by atoms with Gasteiger partial charge in [0.1, 0.15) is 0 Å². The van der Waals surface area contributed by atoms with Crippen LogP contribution in [0.1, 0.15) is 12.0 Å². The van der Waals surface area contributed by atoms with Crippen molar-refractivity contribution < 1.29 is 9.90 Å². The second-order valence-corrected chi connectivity index (χ2v) is 6.80. The van der Waals surface area contributed by atoms with Crippen LogP contribution in [0.25, 0.3) is 32.7 Å². The summed E-state index contributed by atoms with van der Waals surface area (Å²) in [6.07, 6.45) is 1.15. The lowest BCUT2D eigenvalue weighted by atomic mass is 9.91. The fourth-order valence-electron chi connectivity index (χ4n) is 3.56. The van der Waals surface area contributed by atoms with Crippen molar-refractivity contribution in [2.75, 3.05) is 0 Å². The predicted octanol–water partition coefficient (Wildman–Crippen LogP) is 6.23. The average molecular weight is 352 g/mol. The molecular formula is C25H20O2. The summed E-state index contributed by atoms with van der Waals surface area (Å²) in [5.41, 5.74) is 3.78. The molecule has 4 aromatic carbocycles. The van der Waals surface area contributed by atoms with Crippen molar-refractivity contribution in [3.8, 4) is 11.1 Å². The van der Waals surface area contributed by atoms with E-state index in [0.717, 1.165) is 5.56 Å². The van der Waals surface area contributed by atoms with Gasteiger partial charge in [-0.05, 0) is 57.1 Å². The van der Waals surface area contributed by atoms with Crippen LogP contribution in [0.15, 0.2) is 91.0 Å². The zero-order valence-electron chi connectivity index (χ0n) is 15.0. The average Bonchev–Trinajstić information content (AvgIpc) is 2.70. The van der Waals surface area contributed by atoms with Crippen LogP contribution in [-0.4, -0.2) is 11.1 Å². The number of carbonyl (C=O) groups is 1. The number of hydrogen-bond acceptors (Lipinski definition) is 1. The lowest BCUT2D eigenvalue weighted by molar-refractivity contribution is -0.132. The minimum atomic E-state index is -0.922. The van der Waals surface area contributed by atoms with Gasteiger partial charge in [-0.1, -0.05) is 79.4 Å². The van der Waals surface area contributed by atoms with Gasteiger partial charge < -0.3 is 5.11 Å². The SMILES string of the molecule is C=C(CCc1ccc(-c2c3ccccc3cc3ccccc23)cc1)C(=O)O. The maximum absolute atomic E-state index is 10.9. The zero-order valence-corrected chi connectivity index (χ0v) is 15.0. The van der Waals surface area contributed by atoms with E-state index in [-0.39, 0.29) is 5.57 Å². The van der Waals surface area contributed by atoms with E-state index >= 15 is 0 Å². The maximum Gasteiger partial charge on any atom is 0.330 e. The Bertz CT molecular complexity index is 1100. The Morgan fingerprint density at radius 3 is 1.93 bits per heavy atom. The first-order chi connectivity index (χ1) is 13.1. The molecule has 4 rings (SSSR count). The van der Waals surface area contributed by atoms with E-state index in [1.807, 2.05) is 0 Å². The molecule has 0 heterocycles. The Morgan fingerprint density at radius 2 is 1.37 bits per heavy atom. The molecule has 0 bridgehead atoms. The van der Waals surface area contributed by atoms with Gasteiger partial charge in [0.15, 0.2) is 0 Å². The van der Waals surface area contributed by atoms with Crippen LogP contribution in [0.4, 0.5) is 0 Å². The number of fused-ring (bicyclic) bond motifs is 2. The lowest BCUT2D eigenvalue weighted by Gasteiger charge is -2.12. The molecule has 0 unspecified atom stereocenters. The van der Waals surface area contributed by atoms with E-state index in [0.29, 0.717) is 12.8 Å². The number of carboxylic acid groups (broad SMARTS) is 1. The molecule has 0 fully saturated rings. The third kappa shape index (κ3) is 3.34. The monoisotopic (exact) mass is 352 g/mol. The number of benzene rings is 4. The van der Waals surface area contributed by atoms with Gasteiger partial charge in [0.25, 0.3) is 0 Å². The molecule has 1 N–H and O–H groups in total. The molecule has 0 atom stereocenters. The van der Waals surface area contributed by atoms with Crippen LogP contribution in [0.3, 0.4) is 0 Å². The van der Waals surface area contributed by atoms with Gasteiger partial charge in [-0.15, -0.1) is 0 Å². The molecule has 2 heteroatoms. The first-order valence-electron chi connectivity index (χ1n) is 9.04. The predicted molar refractivity (Wildman–Crippen MR) is 112 cm³/mol. The van der Waals surface area contributed by atoms with Crippen LogP contribution >= 0.6 is 0 Å². The van der Waals surface area contributed by atoms with E-state index in [2.05, 4.69) is 85.4 Å². The van der Waals surface area contributed by atoms with Crippen LogP contribution in [0.2, 0.25) is 0 Å². The van der Waals surface area contributed by atoms with Gasteiger partial charge in [0.05, 0.1) is 0 Å². The number of hydrogen-bond donors (Lipinski definition) is 1. The van der Waals surface area contributed by atoms with Crippen LogP contribution in [-0.2, 0) is 11.2 Å². The summed E-state index contributed by atoms with van der Waals surface area (Å²) in [6.45, 7) is 3.60. The number of carboxylic acids is 1. The number of rotatable bonds is 5. The summed E-state index contributed by atoms with van der Waals surface area (Å²) in [4.78, 5) is 10.9. The van der Waals surface area contributed by atoms with Gasteiger partial charge >= 0.3 is 5.97 Å². The van der Waals surface area contributed by atoms with Crippen LogP contribution in [0, 0.1) is 0 Å². The second kappa shape index (κ2) is 7.08. The summed E-state index contributed by atoms with van der Waals surface area (Å²) in [5, 5.41) is 13.9. The van der Waals surface area contributed by atoms with Crippen molar-refractivity contribution in [3.63, 3.8) is 0 Å². The van der Waals surface area contributed by atoms with Gasteiger partial charge in [-0.2, -0.15) is 0 Å². The van der Waals surface area contributed by atoms with Crippen molar-refractivity contribution in [1.29, 1.82) is 0 Å². The molecule has 0 aliphatic heterocycles. The molecule has 27 heavy (non-hydrogen) atoms. The molecule has 132 valence electrons. The fraction of sp³-hybridized carbons (Fsp3) is 0.0800. The number of aliphatic carboxylic acids is 1. The summed E-state index contributed by atoms with van der Waals surface area (Å²) >= 11 is 0. The topological polar surface area (TPSA) is 37.3 Å². The van der Waals surface area contributed by atoms with E-state index < -0.39 is 5.97 Å². The Balaban J connectivity index is 1.77. The smallest absolute Gasteiger partial charge is 0.330 e. The first-order valence-corrected chi connectivity index (χ1v) is 9.04. The molecule has 0 saturated carbocycles. The van der Waals surface area contributed by atoms with Crippen molar-refractivity contribution in [2.24, 2.45) is 0 Å². The molecule has 0 amide bonds. The van der Waals surface area contributed by atoms with E-state index in [1.165, 1.54) is 32.7 Å². The first kappa shape index (κ1) is 17.0. The van der Waals surface area contributed by atoms with Crippen LogP contribution in [0.5, 0.6) is 0 Å². The molecule has 0 saturated heterocycles. The third-order valence-electron chi connectivity index (χ3n) is 5.03. The summed E-state index contributed by atoms with van der Waals surface area (Å²) in [5.74, 6) is -0.922. The third-order valence-corrected chi connectivity index (χ3v) is 5.03. The maximum atomic E-state index is 10.9. The highest BCUT2D eigenvalue weighted by Gasteiger charge is 2.10. The molecule has 0 aliphatic carbocycles. The van der Waals surface area contributed by atoms with Crippen molar-refractivity contribution in [3.05, 3.63) is 96.6 Å². The molecule has 0 radical (unpaired) electrons. The Hall–Kier alpha value is -3.39. The fourth-order valence-corrected chi connectivity index (χ4v) is 3.56. The van der Waals surface area contributed by atoms with Crippen molar-refractivity contribution >= 4 is 27.5 Å². The van der Waals surface area contributed by atoms with Crippen LogP contribution < -0.4 is 0 Å². The number of aryl methyl sites for hydroxylation is 1. The Morgan fingerprint density at radius 1 is 0.815 bits per heavy atom.